The third-order valence-corrected chi connectivity index (χ3v) is 3.51. The molecule has 0 amide bonds. The van der Waals surface area contributed by atoms with Gasteiger partial charge >= 0.3 is 0 Å². The molecule has 0 bridgehead atoms. The predicted octanol–water partition coefficient (Wildman–Crippen LogP) is 3.04. The number of allylic oxidation sites excluding steroid dienone is 1. The van der Waals surface area contributed by atoms with E-state index in [0.29, 0.717) is 12.1 Å². The highest BCUT2D eigenvalue weighted by molar-refractivity contribution is 6.06. The summed E-state index contributed by atoms with van der Waals surface area (Å²) in [6.45, 7) is 3.45. The number of ketones is 1. The van der Waals surface area contributed by atoms with Crippen LogP contribution in [0.3, 0.4) is 0 Å². The highest BCUT2D eigenvalue weighted by Crippen LogP contribution is 2.07. The first-order valence-electron chi connectivity index (χ1n) is 7.56. The molecule has 0 spiro atoms. The number of carbonyl (C=O) groups is 1. The summed E-state index contributed by atoms with van der Waals surface area (Å²) in [4.78, 5) is 12.1. The molecule has 116 valence electrons. The van der Waals surface area contributed by atoms with Crippen molar-refractivity contribution < 1.29 is 4.79 Å². The fourth-order valence-electron chi connectivity index (χ4n) is 2.25. The first-order chi connectivity index (χ1) is 11.2. The smallest absolute Gasteiger partial charge is 0.189 e. The number of hydrogen-bond donors (Lipinski definition) is 0. The SMILES string of the molecule is CCn1cc(C(=O)/C=C/c2cnn(Cc3ccccc3)c2)cn1. The lowest BCUT2D eigenvalue weighted by atomic mass is 10.2. The van der Waals surface area contributed by atoms with Gasteiger partial charge in [-0.3, -0.25) is 14.2 Å². The van der Waals surface area contributed by atoms with Gasteiger partial charge in [0.2, 0.25) is 0 Å². The Morgan fingerprint density at radius 1 is 1.09 bits per heavy atom. The topological polar surface area (TPSA) is 52.7 Å². The molecule has 0 fully saturated rings. The molecule has 2 aromatic heterocycles. The number of nitrogens with zero attached hydrogens (tertiary/aromatic N) is 4. The molecule has 0 aliphatic heterocycles. The molecule has 0 aliphatic carbocycles. The molecule has 0 atom stereocenters. The third kappa shape index (κ3) is 3.83. The van der Waals surface area contributed by atoms with Crippen LogP contribution in [0, 0.1) is 0 Å². The largest absolute Gasteiger partial charge is 0.289 e. The van der Waals surface area contributed by atoms with Gasteiger partial charge in [-0.15, -0.1) is 0 Å². The van der Waals surface area contributed by atoms with E-state index in [1.165, 1.54) is 5.56 Å². The van der Waals surface area contributed by atoms with Crippen molar-refractivity contribution in [3.63, 3.8) is 0 Å². The normalized spacial score (nSPS) is 11.2. The second-order valence-electron chi connectivity index (χ2n) is 5.24. The van der Waals surface area contributed by atoms with Crippen LogP contribution in [0.2, 0.25) is 0 Å². The van der Waals surface area contributed by atoms with Crippen LogP contribution in [0.15, 0.2) is 61.2 Å². The Hall–Kier alpha value is -2.95. The van der Waals surface area contributed by atoms with Gasteiger partial charge in [0.25, 0.3) is 0 Å². The van der Waals surface area contributed by atoms with E-state index in [2.05, 4.69) is 22.3 Å². The molecule has 3 rings (SSSR count). The van der Waals surface area contributed by atoms with Crippen molar-refractivity contribution in [1.82, 2.24) is 19.6 Å². The van der Waals surface area contributed by atoms with Crippen molar-refractivity contribution >= 4 is 11.9 Å². The molecule has 0 saturated carbocycles. The summed E-state index contributed by atoms with van der Waals surface area (Å²) < 4.78 is 3.59. The first kappa shape index (κ1) is 15.0. The van der Waals surface area contributed by atoms with Gasteiger partial charge < -0.3 is 0 Å². The predicted molar refractivity (Wildman–Crippen MR) is 89.0 cm³/mol. The zero-order valence-electron chi connectivity index (χ0n) is 13.0. The number of aromatic nitrogens is 4. The van der Waals surface area contributed by atoms with Crippen molar-refractivity contribution in [3.05, 3.63) is 77.9 Å². The van der Waals surface area contributed by atoms with E-state index in [9.17, 15) is 4.79 Å². The van der Waals surface area contributed by atoms with Gasteiger partial charge in [-0.25, -0.2) is 0 Å². The fourth-order valence-corrected chi connectivity index (χ4v) is 2.25. The standard InChI is InChI=1S/C18H18N4O/c1-2-21-14-17(11-20-21)18(23)9-8-16-10-19-22(13-16)12-15-6-4-3-5-7-15/h3-11,13-14H,2,12H2,1H3/b9-8+. The zero-order chi connectivity index (χ0) is 16.1. The molecule has 5 nitrogen and oxygen atoms in total. The summed E-state index contributed by atoms with van der Waals surface area (Å²) in [5.74, 6) is -0.0551. The summed E-state index contributed by atoms with van der Waals surface area (Å²) in [7, 11) is 0. The minimum absolute atomic E-state index is 0.0551. The Morgan fingerprint density at radius 3 is 2.61 bits per heavy atom. The summed E-state index contributed by atoms with van der Waals surface area (Å²) in [5, 5.41) is 8.42. The van der Waals surface area contributed by atoms with Crippen molar-refractivity contribution in [3.8, 4) is 0 Å². The molecule has 5 heteroatoms. The molecule has 0 N–H and O–H groups in total. The Bertz CT molecular complexity index is 814. The molecule has 23 heavy (non-hydrogen) atoms. The van der Waals surface area contributed by atoms with Gasteiger partial charge in [-0.1, -0.05) is 30.3 Å². The minimum Gasteiger partial charge on any atom is -0.289 e. The molecule has 2 heterocycles. The molecule has 0 saturated heterocycles. The van der Waals surface area contributed by atoms with Crippen LogP contribution in [0.1, 0.15) is 28.4 Å². The molecule has 3 aromatic rings. The lowest BCUT2D eigenvalue weighted by molar-refractivity contribution is 0.104. The van der Waals surface area contributed by atoms with Crippen molar-refractivity contribution in [2.75, 3.05) is 0 Å². The monoisotopic (exact) mass is 306 g/mol. The maximum absolute atomic E-state index is 12.1. The summed E-state index contributed by atoms with van der Waals surface area (Å²) in [5.41, 5.74) is 2.69. The Balaban J connectivity index is 1.65. The number of aryl methyl sites for hydroxylation is 1. The van der Waals surface area contributed by atoms with E-state index in [0.717, 1.165) is 12.1 Å². The molecule has 0 aliphatic rings. The lowest BCUT2D eigenvalue weighted by Gasteiger charge is -2.00. The number of carbonyl (C=O) groups excluding carboxylic acids is 1. The van der Waals surface area contributed by atoms with Gasteiger partial charge in [0, 0.05) is 24.5 Å². The maximum atomic E-state index is 12.1. The van der Waals surface area contributed by atoms with Crippen LogP contribution < -0.4 is 0 Å². The highest BCUT2D eigenvalue weighted by atomic mass is 16.1. The zero-order valence-corrected chi connectivity index (χ0v) is 13.0. The van der Waals surface area contributed by atoms with Crippen LogP contribution in [0.4, 0.5) is 0 Å². The van der Waals surface area contributed by atoms with Crippen molar-refractivity contribution in [1.29, 1.82) is 0 Å². The number of rotatable bonds is 6. The molecular formula is C18H18N4O. The first-order valence-corrected chi connectivity index (χ1v) is 7.56. The Kier molecular flexibility index (Phi) is 4.47. The molecular weight excluding hydrogens is 288 g/mol. The quantitative estimate of drug-likeness (QED) is 0.519. The Morgan fingerprint density at radius 2 is 1.87 bits per heavy atom. The fraction of sp³-hybridized carbons (Fsp3) is 0.167. The van der Waals surface area contributed by atoms with Crippen molar-refractivity contribution in [2.45, 2.75) is 20.0 Å². The highest BCUT2D eigenvalue weighted by Gasteiger charge is 2.05. The van der Waals surface area contributed by atoms with E-state index < -0.39 is 0 Å². The van der Waals surface area contributed by atoms with Gasteiger partial charge in [0.05, 0.1) is 24.5 Å². The average molecular weight is 306 g/mol. The summed E-state index contributed by atoms with van der Waals surface area (Å²) >= 11 is 0. The van der Waals surface area contributed by atoms with E-state index in [4.69, 9.17) is 0 Å². The third-order valence-electron chi connectivity index (χ3n) is 3.51. The molecule has 1 aromatic carbocycles. The van der Waals surface area contributed by atoms with Crippen LogP contribution in [-0.2, 0) is 13.1 Å². The second-order valence-corrected chi connectivity index (χ2v) is 5.24. The molecule has 0 radical (unpaired) electrons. The number of hydrogen-bond acceptors (Lipinski definition) is 3. The average Bonchev–Trinajstić information content (AvgIpc) is 3.23. The lowest BCUT2D eigenvalue weighted by Crippen LogP contribution is -1.99. The van der Waals surface area contributed by atoms with E-state index in [-0.39, 0.29) is 5.78 Å². The summed E-state index contributed by atoms with van der Waals surface area (Å²) in [6.07, 6.45) is 10.4. The Labute approximate surface area is 134 Å². The summed E-state index contributed by atoms with van der Waals surface area (Å²) in [6, 6.07) is 10.1. The van der Waals surface area contributed by atoms with E-state index in [1.807, 2.05) is 36.0 Å². The van der Waals surface area contributed by atoms with Crippen LogP contribution in [0.25, 0.3) is 6.08 Å². The van der Waals surface area contributed by atoms with Crippen LogP contribution in [0.5, 0.6) is 0 Å². The minimum atomic E-state index is -0.0551. The van der Waals surface area contributed by atoms with Gasteiger partial charge in [-0.05, 0) is 24.6 Å². The molecule has 0 unspecified atom stereocenters. The van der Waals surface area contributed by atoms with Crippen LogP contribution in [-0.4, -0.2) is 25.3 Å². The second kappa shape index (κ2) is 6.87. The van der Waals surface area contributed by atoms with Gasteiger partial charge in [0.15, 0.2) is 5.78 Å². The van der Waals surface area contributed by atoms with Crippen molar-refractivity contribution in [2.24, 2.45) is 0 Å². The van der Waals surface area contributed by atoms with E-state index in [1.54, 1.807) is 35.4 Å². The number of benzene rings is 1. The van der Waals surface area contributed by atoms with E-state index >= 15 is 0 Å². The maximum Gasteiger partial charge on any atom is 0.189 e. The van der Waals surface area contributed by atoms with Gasteiger partial charge in [-0.2, -0.15) is 10.2 Å². The van der Waals surface area contributed by atoms with Gasteiger partial charge in [0.1, 0.15) is 0 Å². The van der Waals surface area contributed by atoms with Crippen LogP contribution >= 0.6 is 0 Å².